The molecule has 3 aromatic rings. The van der Waals surface area contributed by atoms with Gasteiger partial charge in [-0.2, -0.15) is 0 Å². The molecule has 0 aliphatic heterocycles. The van der Waals surface area contributed by atoms with Crippen LogP contribution < -0.4 is 5.32 Å². The van der Waals surface area contributed by atoms with E-state index in [0.717, 1.165) is 21.7 Å². The van der Waals surface area contributed by atoms with Gasteiger partial charge in [0.25, 0.3) is 0 Å². The SMILES string of the molecule is Cc1cc(Nc2nccc(C(C)F)n2)cc(-c2cnc([C@]3(O)CC[C@H](C(=O)OC(C)(C)C)CC3)s2)c1. The van der Waals surface area contributed by atoms with Crippen molar-refractivity contribution in [2.75, 3.05) is 5.32 Å². The number of nitrogens with one attached hydrogen (secondary N) is 1. The topological polar surface area (TPSA) is 97.2 Å². The average molecular weight is 513 g/mol. The van der Waals surface area contributed by atoms with Gasteiger partial charge >= 0.3 is 5.97 Å². The summed E-state index contributed by atoms with van der Waals surface area (Å²) in [7, 11) is 0. The van der Waals surface area contributed by atoms with Gasteiger partial charge in [0.05, 0.1) is 16.5 Å². The Morgan fingerprint density at radius 3 is 2.64 bits per heavy atom. The van der Waals surface area contributed by atoms with Crippen LogP contribution in [-0.2, 0) is 15.1 Å². The van der Waals surface area contributed by atoms with Crippen molar-refractivity contribution in [1.82, 2.24) is 15.0 Å². The monoisotopic (exact) mass is 512 g/mol. The first-order valence-electron chi connectivity index (χ1n) is 12.2. The molecule has 0 bridgehead atoms. The quantitative estimate of drug-likeness (QED) is 0.369. The highest BCUT2D eigenvalue weighted by Gasteiger charge is 2.40. The maximum atomic E-state index is 13.6. The van der Waals surface area contributed by atoms with Gasteiger partial charge < -0.3 is 15.2 Å². The molecule has 192 valence electrons. The average Bonchev–Trinajstić information content (AvgIpc) is 3.30. The molecule has 1 aliphatic rings. The third-order valence-electron chi connectivity index (χ3n) is 6.16. The summed E-state index contributed by atoms with van der Waals surface area (Å²) in [6, 6.07) is 7.53. The van der Waals surface area contributed by atoms with Crippen LogP contribution in [0.4, 0.5) is 16.0 Å². The number of esters is 1. The number of alkyl halides is 1. The number of carbonyl (C=O) groups excluding carboxylic acids is 1. The minimum Gasteiger partial charge on any atom is -0.460 e. The lowest BCUT2D eigenvalue weighted by molar-refractivity contribution is -0.163. The maximum absolute atomic E-state index is 13.6. The normalized spacial score (nSPS) is 21.1. The van der Waals surface area contributed by atoms with Crippen LogP contribution in [-0.4, -0.2) is 31.6 Å². The molecule has 1 unspecified atom stereocenters. The number of aliphatic hydroxyl groups is 1. The van der Waals surface area contributed by atoms with Gasteiger partial charge in [0.2, 0.25) is 5.95 Å². The van der Waals surface area contributed by atoms with E-state index >= 15 is 0 Å². The molecule has 9 heteroatoms. The van der Waals surface area contributed by atoms with Crippen LogP contribution in [0, 0.1) is 12.8 Å². The molecule has 2 N–H and O–H groups in total. The third kappa shape index (κ3) is 6.25. The molecular formula is C27H33FN4O3S. The molecule has 1 saturated carbocycles. The van der Waals surface area contributed by atoms with Gasteiger partial charge in [0.1, 0.15) is 22.4 Å². The fourth-order valence-electron chi connectivity index (χ4n) is 4.33. The molecular weight excluding hydrogens is 479 g/mol. The van der Waals surface area contributed by atoms with Crippen LogP contribution >= 0.6 is 11.3 Å². The van der Waals surface area contributed by atoms with Gasteiger partial charge in [-0.3, -0.25) is 4.79 Å². The molecule has 0 spiro atoms. The Morgan fingerprint density at radius 2 is 1.97 bits per heavy atom. The number of nitrogens with zero attached hydrogens (tertiary/aromatic N) is 3. The zero-order chi connectivity index (χ0) is 26.1. The lowest BCUT2D eigenvalue weighted by Crippen LogP contribution is -2.36. The lowest BCUT2D eigenvalue weighted by Gasteiger charge is -2.34. The van der Waals surface area contributed by atoms with E-state index < -0.39 is 17.4 Å². The van der Waals surface area contributed by atoms with Crippen molar-refractivity contribution in [2.24, 2.45) is 5.92 Å². The Hall–Kier alpha value is -2.91. The third-order valence-corrected chi connectivity index (χ3v) is 7.40. The summed E-state index contributed by atoms with van der Waals surface area (Å²) in [5.74, 6) is -0.0651. The first kappa shape index (κ1) is 26.2. The highest BCUT2D eigenvalue weighted by Crippen LogP contribution is 2.43. The fourth-order valence-corrected chi connectivity index (χ4v) is 5.38. The van der Waals surface area contributed by atoms with Crippen molar-refractivity contribution in [3.05, 3.63) is 52.9 Å². The van der Waals surface area contributed by atoms with Crippen LogP contribution in [0.2, 0.25) is 0 Å². The van der Waals surface area contributed by atoms with Crippen LogP contribution in [0.5, 0.6) is 0 Å². The van der Waals surface area contributed by atoms with Gasteiger partial charge in [0, 0.05) is 18.1 Å². The van der Waals surface area contributed by atoms with Crippen molar-refractivity contribution in [3.8, 4) is 10.4 Å². The second kappa shape index (κ2) is 10.2. The van der Waals surface area contributed by atoms with Gasteiger partial charge in [-0.25, -0.2) is 19.3 Å². The van der Waals surface area contributed by atoms with E-state index in [0.29, 0.717) is 42.3 Å². The Balaban J connectivity index is 1.48. The minimum atomic E-state index is -1.18. The van der Waals surface area contributed by atoms with Crippen LogP contribution in [0.1, 0.15) is 75.8 Å². The molecule has 4 rings (SSSR count). The number of ether oxygens (including phenoxy) is 1. The Morgan fingerprint density at radius 1 is 1.25 bits per heavy atom. The van der Waals surface area contributed by atoms with Crippen LogP contribution in [0.3, 0.4) is 0 Å². The van der Waals surface area contributed by atoms with Crippen molar-refractivity contribution < 1.29 is 19.0 Å². The van der Waals surface area contributed by atoms with Crippen LogP contribution in [0.15, 0.2) is 36.7 Å². The summed E-state index contributed by atoms with van der Waals surface area (Å²) in [5, 5.41) is 15.2. The van der Waals surface area contributed by atoms with E-state index in [1.54, 1.807) is 12.3 Å². The van der Waals surface area contributed by atoms with Crippen molar-refractivity contribution in [2.45, 2.75) is 77.7 Å². The van der Waals surface area contributed by atoms with E-state index in [9.17, 15) is 14.3 Å². The predicted molar refractivity (Wildman–Crippen MR) is 139 cm³/mol. The molecule has 2 heterocycles. The first-order valence-corrected chi connectivity index (χ1v) is 13.0. The highest BCUT2D eigenvalue weighted by molar-refractivity contribution is 7.15. The van der Waals surface area contributed by atoms with E-state index in [1.807, 2.05) is 45.9 Å². The molecule has 0 amide bonds. The lowest BCUT2D eigenvalue weighted by atomic mass is 9.79. The molecule has 0 saturated heterocycles. The molecule has 1 aromatic carbocycles. The number of benzene rings is 1. The summed E-state index contributed by atoms with van der Waals surface area (Å²) in [5.41, 5.74) is 1.50. The maximum Gasteiger partial charge on any atom is 0.309 e. The zero-order valence-electron chi connectivity index (χ0n) is 21.3. The standard InChI is InChI=1S/C27H33FN4O3S/c1-16-12-19(14-20(13-16)31-25-29-11-8-21(32-25)17(2)28)22-15-30-24(36-22)27(34)9-6-18(7-10-27)23(33)35-26(3,4)5/h8,11-15,17-18,34H,6-7,9-10H2,1-5H3,(H,29,31,32)/t17?,18-,27-. The molecule has 1 aliphatic carbocycles. The summed E-state index contributed by atoms with van der Waals surface area (Å²) in [6.07, 6.45) is 4.19. The number of rotatable bonds is 6. The summed E-state index contributed by atoms with van der Waals surface area (Å²) in [4.78, 5) is 26.4. The smallest absolute Gasteiger partial charge is 0.309 e. The molecule has 36 heavy (non-hydrogen) atoms. The fraction of sp³-hybridized carbons (Fsp3) is 0.481. The zero-order valence-corrected chi connectivity index (χ0v) is 22.2. The Labute approximate surface area is 215 Å². The number of thiazole rings is 1. The number of halogens is 1. The first-order chi connectivity index (χ1) is 16.9. The molecule has 1 fully saturated rings. The van der Waals surface area contributed by atoms with Crippen molar-refractivity contribution >= 4 is 28.9 Å². The largest absolute Gasteiger partial charge is 0.460 e. The number of aromatic nitrogens is 3. The van der Waals surface area contributed by atoms with E-state index in [1.165, 1.54) is 24.5 Å². The number of aryl methyl sites for hydroxylation is 1. The molecule has 2 aromatic heterocycles. The van der Waals surface area contributed by atoms with Gasteiger partial charge in [0.15, 0.2) is 0 Å². The van der Waals surface area contributed by atoms with Gasteiger partial charge in [-0.15, -0.1) is 11.3 Å². The summed E-state index contributed by atoms with van der Waals surface area (Å²) >= 11 is 1.46. The number of anilines is 2. The summed E-state index contributed by atoms with van der Waals surface area (Å²) in [6.45, 7) is 9.02. The van der Waals surface area contributed by atoms with Crippen LogP contribution in [0.25, 0.3) is 10.4 Å². The minimum absolute atomic E-state index is 0.195. The van der Waals surface area contributed by atoms with Crippen molar-refractivity contribution in [1.29, 1.82) is 0 Å². The molecule has 0 radical (unpaired) electrons. The highest BCUT2D eigenvalue weighted by atomic mass is 32.1. The second-order valence-electron chi connectivity index (χ2n) is 10.5. The number of hydrogen-bond acceptors (Lipinski definition) is 8. The van der Waals surface area contributed by atoms with E-state index in [2.05, 4.69) is 20.3 Å². The van der Waals surface area contributed by atoms with E-state index in [4.69, 9.17) is 4.74 Å². The Bertz CT molecular complexity index is 1230. The van der Waals surface area contributed by atoms with Gasteiger partial charge in [-0.05, 0) is 89.6 Å². The number of hydrogen-bond donors (Lipinski definition) is 2. The van der Waals surface area contributed by atoms with E-state index in [-0.39, 0.29) is 11.9 Å². The number of carbonyl (C=O) groups is 1. The molecule has 1 atom stereocenters. The van der Waals surface area contributed by atoms with Gasteiger partial charge in [-0.1, -0.05) is 6.07 Å². The Kier molecular flexibility index (Phi) is 7.43. The summed E-state index contributed by atoms with van der Waals surface area (Å²) < 4.78 is 19.2. The van der Waals surface area contributed by atoms with Crippen molar-refractivity contribution in [3.63, 3.8) is 0 Å². The predicted octanol–water partition coefficient (Wildman–Crippen LogP) is 6.40. The second-order valence-corrected chi connectivity index (χ2v) is 11.5. The molecule has 7 nitrogen and oxygen atoms in total.